The van der Waals surface area contributed by atoms with Gasteiger partial charge in [-0.25, -0.2) is 0 Å². The number of hydrogen-bond acceptors (Lipinski definition) is 5. The monoisotopic (exact) mass is 386 g/mol. The third kappa shape index (κ3) is 4.97. The standard InChI is InChI=1S/C19H22N4O3S/c1-2-9-20-17(25)13-5-7-14(8-6-13)21-16(24)12-15-18(26)22-19(27-15)23-10-3-4-11-23/h2,5-8,15H,1,3-4,9-12H2,(H,20,25)(H,21,24)/t15-/m0/s1. The first-order chi connectivity index (χ1) is 13.1. The number of hydrogen-bond donors (Lipinski definition) is 2. The normalized spacial score (nSPS) is 19.0. The molecule has 0 saturated carbocycles. The molecule has 0 bridgehead atoms. The Morgan fingerprint density at radius 3 is 2.63 bits per heavy atom. The van der Waals surface area contributed by atoms with Gasteiger partial charge in [0.2, 0.25) is 5.91 Å². The molecule has 1 saturated heterocycles. The largest absolute Gasteiger partial charge is 0.351 e. The number of aliphatic imine (C=N–C) groups is 1. The second-order valence-electron chi connectivity index (χ2n) is 6.36. The fourth-order valence-electron chi connectivity index (χ4n) is 2.91. The van der Waals surface area contributed by atoms with Crippen LogP contribution in [0.1, 0.15) is 29.6 Å². The predicted molar refractivity (Wildman–Crippen MR) is 107 cm³/mol. The van der Waals surface area contributed by atoms with Crippen LogP contribution in [0.2, 0.25) is 0 Å². The van der Waals surface area contributed by atoms with Gasteiger partial charge in [-0.2, -0.15) is 4.99 Å². The van der Waals surface area contributed by atoms with Crippen molar-refractivity contribution in [3.05, 3.63) is 42.5 Å². The van der Waals surface area contributed by atoms with E-state index in [-0.39, 0.29) is 24.1 Å². The topological polar surface area (TPSA) is 90.9 Å². The van der Waals surface area contributed by atoms with Gasteiger partial charge in [0.15, 0.2) is 5.17 Å². The van der Waals surface area contributed by atoms with Gasteiger partial charge >= 0.3 is 0 Å². The molecule has 0 spiro atoms. The summed E-state index contributed by atoms with van der Waals surface area (Å²) in [5.74, 6) is -0.693. The molecule has 2 aliphatic rings. The maximum Gasteiger partial charge on any atom is 0.262 e. The summed E-state index contributed by atoms with van der Waals surface area (Å²) >= 11 is 1.37. The Bertz CT molecular complexity index is 770. The van der Waals surface area contributed by atoms with Crippen LogP contribution in [0.5, 0.6) is 0 Å². The number of nitrogens with zero attached hydrogens (tertiary/aromatic N) is 2. The van der Waals surface area contributed by atoms with Crippen LogP contribution < -0.4 is 10.6 Å². The lowest BCUT2D eigenvalue weighted by Gasteiger charge is -2.16. The molecule has 3 rings (SSSR count). The van der Waals surface area contributed by atoms with E-state index < -0.39 is 5.25 Å². The number of carbonyl (C=O) groups is 3. The van der Waals surface area contributed by atoms with Crippen LogP contribution in [0.4, 0.5) is 5.69 Å². The fraction of sp³-hybridized carbons (Fsp3) is 0.368. The van der Waals surface area contributed by atoms with Crippen LogP contribution in [0.25, 0.3) is 0 Å². The zero-order valence-electron chi connectivity index (χ0n) is 14.9. The molecule has 1 fully saturated rings. The average Bonchev–Trinajstić information content (AvgIpc) is 3.31. The summed E-state index contributed by atoms with van der Waals surface area (Å²) in [4.78, 5) is 42.4. The highest BCUT2D eigenvalue weighted by Crippen LogP contribution is 2.29. The number of rotatable bonds is 6. The number of carbonyl (C=O) groups excluding carboxylic acids is 3. The lowest BCUT2D eigenvalue weighted by Crippen LogP contribution is -2.25. The molecule has 8 heteroatoms. The van der Waals surface area contributed by atoms with Gasteiger partial charge in [0.25, 0.3) is 11.8 Å². The lowest BCUT2D eigenvalue weighted by atomic mass is 10.2. The van der Waals surface area contributed by atoms with E-state index in [1.54, 1.807) is 30.3 Å². The number of likely N-dealkylation sites (tertiary alicyclic amines) is 1. The van der Waals surface area contributed by atoms with Crippen molar-refractivity contribution in [3.8, 4) is 0 Å². The summed E-state index contributed by atoms with van der Waals surface area (Å²) in [6, 6.07) is 6.60. The van der Waals surface area contributed by atoms with Crippen LogP contribution >= 0.6 is 11.8 Å². The number of amidine groups is 1. The summed E-state index contributed by atoms with van der Waals surface area (Å²) < 4.78 is 0. The summed E-state index contributed by atoms with van der Waals surface area (Å²) in [5, 5.41) is 5.73. The van der Waals surface area contributed by atoms with Crippen LogP contribution in [-0.4, -0.2) is 52.7 Å². The Labute approximate surface area is 162 Å². The van der Waals surface area contributed by atoms with Gasteiger partial charge in [-0.1, -0.05) is 17.8 Å². The molecule has 1 aromatic rings. The lowest BCUT2D eigenvalue weighted by molar-refractivity contribution is -0.121. The average molecular weight is 386 g/mol. The zero-order chi connectivity index (χ0) is 19.2. The molecule has 7 nitrogen and oxygen atoms in total. The molecule has 142 valence electrons. The number of amides is 3. The summed E-state index contributed by atoms with van der Waals surface area (Å²) in [5.41, 5.74) is 1.08. The Morgan fingerprint density at radius 2 is 1.96 bits per heavy atom. The molecular weight excluding hydrogens is 364 g/mol. The summed E-state index contributed by atoms with van der Waals surface area (Å²) in [6.07, 6.45) is 3.90. The van der Waals surface area contributed by atoms with Gasteiger partial charge in [0.05, 0.1) is 0 Å². The molecule has 0 aliphatic carbocycles. The Balaban J connectivity index is 1.50. The third-order valence-corrected chi connectivity index (χ3v) is 5.53. The predicted octanol–water partition coefficient (Wildman–Crippen LogP) is 2.02. The first kappa shape index (κ1) is 19.2. The van der Waals surface area contributed by atoms with Gasteiger partial charge in [-0.05, 0) is 37.1 Å². The van der Waals surface area contributed by atoms with Gasteiger partial charge in [0.1, 0.15) is 5.25 Å². The molecule has 2 heterocycles. The Hall–Kier alpha value is -2.61. The molecule has 2 N–H and O–H groups in total. The highest BCUT2D eigenvalue weighted by molar-refractivity contribution is 8.15. The van der Waals surface area contributed by atoms with E-state index in [0.717, 1.165) is 31.1 Å². The minimum Gasteiger partial charge on any atom is -0.351 e. The van der Waals surface area contributed by atoms with E-state index in [9.17, 15) is 14.4 Å². The highest BCUT2D eigenvalue weighted by Gasteiger charge is 2.33. The molecule has 0 radical (unpaired) electrons. The fourth-order valence-corrected chi connectivity index (χ4v) is 4.02. The highest BCUT2D eigenvalue weighted by atomic mass is 32.2. The van der Waals surface area contributed by atoms with Crippen LogP contribution in [-0.2, 0) is 9.59 Å². The molecule has 3 amide bonds. The van der Waals surface area contributed by atoms with Crippen molar-refractivity contribution in [2.45, 2.75) is 24.5 Å². The minimum absolute atomic E-state index is 0.0753. The van der Waals surface area contributed by atoms with E-state index in [4.69, 9.17) is 0 Å². The van der Waals surface area contributed by atoms with Crippen molar-refractivity contribution in [3.63, 3.8) is 0 Å². The number of benzene rings is 1. The number of nitrogens with one attached hydrogen (secondary N) is 2. The molecule has 2 aliphatic heterocycles. The van der Waals surface area contributed by atoms with Gasteiger partial charge in [-0.15, -0.1) is 6.58 Å². The van der Waals surface area contributed by atoms with Gasteiger partial charge in [0, 0.05) is 37.3 Å². The molecule has 1 aromatic carbocycles. The van der Waals surface area contributed by atoms with Crippen molar-refractivity contribution in [1.82, 2.24) is 10.2 Å². The quantitative estimate of drug-likeness (QED) is 0.730. The zero-order valence-corrected chi connectivity index (χ0v) is 15.8. The second kappa shape index (κ2) is 8.85. The molecule has 27 heavy (non-hydrogen) atoms. The molecule has 0 aromatic heterocycles. The maximum absolute atomic E-state index is 12.3. The van der Waals surface area contributed by atoms with Crippen molar-refractivity contribution in [2.24, 2.45) is 4.99 Å². The minimum atomic E-state index is -0.468. The van der Waals surface area contributed by atoms with Crippen molar-refractivity contribution in [1.29, 1.82) is 0 Å². The molecular formula is C19H22N4O3S. The first-order valence-electron chi connectivity index (χ1n) is 8.90. The number of thioether (sulfide) groups is 1. The molecule has 0 unspecified atom stereocenters. The summed E-state index contributed by atoms with van der Waals surface area (Å²) in [7, 11) is 0. The van der Waals surface area contributed by atoms with E-state index in [2.05, 4.69) is 27.1 Å². The van der Waals surface area contributed by atoms with Crippen LogP contribution in [0.3, 0.4) is 0 Å². The second-order valence-corrected chi connectivity index (χ2v) is 7.53. The van der Waals surface area contributed by atoms with E-state index >= 15 is 0 Å². The van der Waals surface area contributed by atoms with Crippen LogP contribution in [0.15, 0.2) is 41.9 Å². The number of anilines is 1. The van der Waals surface area contributed by atoms with E-state index in [0.29, 0.717) is 17.8 Å². The van der Waals surface area contributed by atoms with Crippen LogP contribution in [0, 0.1) is 0 Å². The first-order valence-corrected chi connectivity index (χ1v) is 9.78. The Morgan fingerprint density at radius 1 is 1.26 bits per heavy atom. The van der Waals surface area contributed by atoms with Gasteiger partial charge < -0.3 is 15.5 Å². The van der Waals surface area contributed by atoms with Crippen molar-refractivity contribution in [2.75, 3.05) is 25.0 Å². The summed E-state index contributed by atoms with van der Waals surface area (Å²) in [6.45, 7) is 5.79. The molecule has 1 atom stereocenters. The SMILES string of the molecule is C=CCNC(=O)c1ccc(NC(=O)C[C@@H]2SC(N3CCCC3)=NC2=O)cc1. The van der Waals surface area contributed by atoms with Gasteiger partial charge in [-0.3, -0.25) is 14.4 Å². The van der Waals surface area contributed by atoms with E-state index in [1.165, 1.54) is 11.8 Å². The smallest absolute Gasteiger partial charge is 0.262 e. The Kier molecular flexibility index (Phi) is 6.28. The van der Waals surface area contributed by atoms with Crippen molar-refractivity contribution < 1.29 is 14.4 Å². The van der Waals surface area contributed by atoms with Crippen molar-refractivity contribution >= 4 is 40.3 Å². The third-order valence-electron chi connectivity index (χ3n) is 4.31. The van der Waals surface area contributed by atoms with E-state index in [1.807, 2.05) is 0 Å². The maximum atomic E-state index is 12.3.